The maximum Gasteiger partial charge on any atom is 3.00 e. The number of carboxylic acid groups (broad SMARTS) is 3. The van der Waals surface area contributed by atoms with Crippen molar-refractivity contribution in [3.63, 3.8) is 0 Å². The molecule has 0 spiro atoms. The maximum absolute atomic E-state index is 10.7. The van der Waals surface area contributed by atoms with Crippen molar-refractivity contribution in [1.29, 1.82) is 0 Å². The molecule has 0 aliphatic carbocycles. The Morgan fingerprint density at radius 2 is 0.875 bits per heavy atom. The summed E-state index contributed by atoms with van der Waals surface area (Å²) in [7, 11) is 0. The fourth-order valence-corrected chi connectivity index (χ4v) is 2.90. The number of nitrogens with two attached hydrogens (primary N) is 3. The van der Waals surface area contributed by atoms with Crippen LogP contribution in [0.2, 0.25) is 0 Å². The van der Waals surface area contributed by atoms with Gasteiger partial charge in [0.2, 0.25) is 0 Å². The summed E-state index contributed by atoms with van der Waals surface area (Å²) in [5, 5.41) is 57.6. The number of rotatable bonds is 9. The first kappa shape index (κ1) is 35.9. The molecule has 0 amide bonds. The van der Waals surface area contributed by atoms with Gasteiger partial charge in [-0.15, -0.1) is 11.5 Å². The number of aromatic hydroxyl groups is 1. The normalized spacial score (nSPS) is 12.1. The summed E-state index contributed by atoms with van der Waals surface area (Å²) in [4.78, 5) is 31.1. The number of carboxylic acids is 3. The van der Waals surface area contributed by atoms with Crippen LogP contribution >= 0.6 is 0 Å². The Morgan fingerprint density at radius 3 is 1.15 bits per heavy atom. The van der Waals surface area contributed by atoms with Crippen LogP contribution in [0.4, 0.5) is 0 Å². The molecule has 210 valence electrons. The molecule has 3 atom stereocenters. The number of phenolic OH excluding ortho intramolecular Hbond substituents is 1. The van der Waals surface area contributed by atoms with Crippen LogP contribution in [0.15, 0.2) is 72.8 Å². The van der Waals surface area contributed by atoms with Gasteiger partial charge in [0.05, 0.1) is 5.97 Å². The Morgan fingerprint density at radius 1 is 0.600 bits per heavy atom. The second kappa shape index (κ2) is 18.2. The molecule has 3 aromatic rings. The summed E-state index contributed by atoms with van der Waals surface area (Å²) in [6.45, 7) is 0. The SMILES string of the molecule is N[C@@H](Cc1ccc(O)cc1)C(=O)O.N[C@@H](Cc1ccc([O-])cc1)C(=O)O.N[C@@H](Cc1ccc([O-])cc1)C(=O)[O-].[Al+3]. The number of benzene rings is 3. The van der Waals surface area contributed by atoms with Gasteiger partial charge in [0, 0.05) is 6.04 Å². The molecule has 12 nitrogen and oxygen atoms in total. The predicted octanol–water partition coefficient (Wildman–Crippen LogP) is -1.94. The van der Waals surface area contributed by atoms with Gasteiger partial charge in [-0.1, -0.05) is 60.7 Å². The Hall–Kier alpha value is -4.12. The van der Waals surface area contributed by atoms with Crippen LogP contribution in [0.1, 0.15) is 16.7 Å². The molecule has 0 saturated carbocycles. The molecular weight excluding hydrogens is 537 g/mol. The zero-order chi connectivity index (χ0) is 29.5. The second-order valence-corrected chi connectivity index (χ2v) is 8.38. The minimum atomic E-state index is -1.29. The van der Waals surface area contributed by atoms with E-state index in [1.807, 2.05) is 0 Å². The first-order valence-corrected chi connectivity index (χ1v) is 11.5. The van der Waals surface area contributed by atoms with Crippen molar-refractivity contribution in [2.24, 2.45) is 17.2 Å². The molecule has 3 rings (SSSR count). The third kappa shape index (κ3) is 14.7. The number of carbonyl (C=O) groups excluding carboxylic acids is 1. The van der Waals surface area contributed by atoms with Crippen molar-refractivity contribution in [1.82, 2.24) is 0 Å². The number of hydrogen-bond acceptors (Lipinski definition) is 10. The van der Waals surface area contributed by atoms with Crippen LogP contribution in [0.3, 0.4) is 0 Å². The number of phenols is 1. The van der Waals surface area contributed by atoms with E-state index in [1.54, 1.807) is 36.4 Å². The molecule has 0 aliphatic heterocycles. The van der Waals surface area contributed by atoms with Gasteiger partial charge in [0.25, 0.3) is 0 Å². The largest absolute Gasteiger partial charge is 3.00 e. The average molecular weight is 568 g/mol. The molecule has 13 heteroatoms. The standard InChI is InChI=1S/3C9H11NO3.Al/c3*10-8(9(12)13)5-6-1-3-7(11)4-2-6;/h3*1-4,8,11H,5,10H2,(H,12,13);/q;;;+3/p-3/t3*8-;/m000./s1. The number of aliphatic carboxylic acids is 3. The first-order valence-electron chi connectivity index (χ1n) is 11.5. The molecule has 9 N–H and O–H groups in total. The monoisotopic (exact) mass is 567 g/mol. The summed E-state index contributed by atoms with van der Waals surface area (Å²) >= 11 is 0. The van der Waals surface area contributed by atoms with Crippen molar-refractivity contribution >= 4 is 35.3 Å². The molecule has 0 aliphatic rings. The quantitative estimate of drug-likeness (QED) is 0.154. The molecule has 40 heavy (non-hydrogen) atoms. The van der Waals surface area contributed by atoms with Crippen molar-refractivity contribution in [3.05, 3.63) is 89.5 Å². The van der Waals surface area contributed by atoms with Gasteiger partial charge in [0.15, 0.2) is 0 Å². The molecule has 0 radical (unpaired) electrons. The Balaban J connectivity index is 0.000000563. The summed E-state index contributed by atoms with van der Waals surface area (Å²) in [6.07, 6.45) is 0.702. The summed E-state index contributed by atoms with van der Waals surface area (Å²) in [6, 6.07) is 15.3. The van der Waals surface area contributed by atoms with Gasteiger partial charge in [-0.05, 0) is 48.1 Å². The van der Waals surface area contributed by atoms with E-state index in [2.05, 4.69) is 0 Å². The molecule has 0 bridgehead atoms. The molecular formula is C27H30AlN3O9. The smallest absolute Gasteiger partial charge is 0.872 e. The molecule has 0 heterocycles. The van der Waals surface area contributed by atoms with Crippen molar-refractivity contribution < 1.29 is 45.0 Å². The van der Waals surface area contributed by atoms with E-state index in [-0.39, 0.29) is 53.9 Å². The molecule has 0 saturated heterocycles. The van der Waals surface area contributed by atoms with Gasteiger partial charge in [-0.25, -0.2) is 0 Å². The van der Waals surface area contributed by atoms with E-state index in [0.29, 0.717) is 0 Å². The first-order chi connectivity index (χ1) is 18.3. The average Bonchev–Trinajstić information content (AvgIpc) is 2.88. The van der Waals surface area contributed by atoms with E-state index in [4.69, 9.17) is 32.5 Å². The zero-order valence-corrected chi connectivity index (χ0v) is 22.5. The van der Waals surface area contributed by atoms with Crippen LogP contribution in [0.25, 0.3) is 0 Å². The molecule has 0 fully saturated rings. The third-order valence-electron chi connectivity index (χ3n) is 5.09. The van der Waals surface area contributed by atoms with E-state index in [0.717, 1.165) is 16.7 Å². The Kier molecular flexibility index (Phi) is 16.3. The molecule has 0 aromatic heterocycles. The summed E-state index contributed by atoms with van der Waals surface area (Å²) in [5.41, 5.74) is 18.2. The minimum absolute atomic E-state index is 0. The Bertz CT molecular complexity index is 1040. The van der Waals surface area contributed by atoms with Gasteiger partial charge >= 0.3 is 29.3 Å². The fraction of sp³-hybridized carbons (Fsp3) is 0.222. The second-order valence-electron chi connectivity index (χ2n) is 8.38. The van der Waals surface area contributed by atoms with Crippen LogP contribution in [0, 0.1) is 0 Å². The van der Waals surface area contributed by atoms with Crippen molar-refractivity contribution in [3.8, 4) is 17.2 Å². The van der Waals surface area contributed by atoms with Crippen LogP contribution < -0.4 is 32.5 Å². The predicted molar refractivity (Wildman–Crippen MR) is 141 cm³/mol. The molecule has 0 unspecified atom stereocenters. The topological polar surface area (TPSA) is 259 Å². The zero-order valence-electron chi connectivity index (χ0n) is 21.4. The van der Waals surface area contributed by atoms with Gasteiger partial charge in [-0.3, -0.25) is 9.59 Å². The third-order valence-corrected chi connectivity index (χ3v) is 5.09. The fourth-order valence-electron chi connectivity index (χ4n) is 2.90. The van der Waals surface area contributed by atoms with Crippen molar-refractivity contribution in [2.45, 2.75) is 37.4 Å². The molecule has 3 aromatic carbocycles. The van der Waals surface area contributed by atoms with E-state index in [1.165, 1.54) is 36.4 Å². The van der Waals surface area contributed by atoms with E-state index >= 15 is 0 Å². The van der Waals surface area contributed by atoms with Crippen LogP contribution in [0.5, 0.6) is 17.2 Å². The van der Waals surface area contributed by atoms with Gasteiger partial charge in [-0.2, -0.15) is 0 Å². The Labute approximate surface area is 241 Å². The van der Waals surface area contributed by atoms with Crippen LogP contribution in [-0.2, 0) is 33.6 Å². The van der Waals surface area contributed by atoms with Crippen molar-refractivity contribution in [2.75, 3.05) is 0 Å². The number of hydrogen-bond donors (Lipinski definition) is 6. The summed E-state index contributed by atoms with van der Waals surface area (Å²) < 4.78 is 0. The summed E-state index contributed by atoms with van der Waals surface area (Å²) in [5.74, 6) is -3.38. The number of carbonyl (C=O) groups is 3. The van der Waals surface area contributed by atoms with E-state index in [9.17, 15) is 29.7 Å². The van der Waals surface area contributed by atoms with Crippen LogP contribution in [-0.4, -0.2) is 68.7 Å². The van der Waals surface area contributed by atoms with Gasteiger partial charge < -0.3 is 52.6 Å². The van der Waals surface area contributed by atoms with E-state index < -0.39 is 36.0 Å². The minimum Gasteiger partial charge on any atom is -0.872 e. The maximum atomic E-state index is 10.7. The van der Waals surface area contributed by atoms with Gasteiger partial charge in [0.1, 0.15) is 17.8 Å².